The van der Waals surface area contributed by atoms with Gasteiger partial charge in [0.25, 0.3) is 0 Å². The average molecular weight is 312 g/mol. The third-order valence-corrected chi connectivity index (χ3v) is 4.27. The highest BCUT2D eigenvalue weighted by atomic mass is 16.3. The fourth-order valence-corrected chi connectivity index (χ4v) is 3.07. The van der Waals surface area contributed by atoms with Crippen LogP contribution in [0.4, 0.5) is 11.6 Å². The Balaban J connectivity index is 1.83. The number of anilines is 2. The Morgan fingerprint density at radius 2 is 2.04 bits per heavy atom. The van der Waals surface area contributed by atoms with Gasteiger partial charge in [-0.1, -0.05) is 24.3 Å². The van der Waals surface area contributed by atoms with Crippen LogP contribution in [0.15, 0.2) is 30.3 Å². The van der Waals surface area contributed by atoms with E-state index in [2.05, 4.69) is 51.4 Å². The molecule has 0 spiro atoms. The molecule has 0 amide bonds. The topological polar surface area (TPSA) is 61.3 Å². The number of hydrogen-bond donors (Lipinski definition) is 2. The van der Waals surface area contributed by atoms with Crippen LogP contribution in [0, 0.1) is 6.92 Å². The maximum Gasteiger partial charge on any atom is 0.134 e. The number of benzene rings is 1. The third-order valence-electron chi connectivity index (χ3n) is 4.27. The molecule has 1 aromatic heterocycles. The van der Waals surface area contributed by atoms with E-state index in [1.807, 2.05) is 13.0 Å². The summed E-state index contributed by atoms with van der Waals surface area (Å²) in [4.78, 5) is 11.4. The first-order chi connectivity index (χ1) is 11.2. The molecule has 1 aliphatic heterocycles. The summed E-state index contributed by atoms with van der Waals surface area (Å²) in [6.07, 6.45) is 1.75. The first kappa shape index (κ1) is 15.7. The van der Waals surface area contributed by atoms with Crippen LogP contribution in [0.1, 0.15) is 30.3 Å². The number of aliphatic hydroxyl groups excluding tert-OH is 1. The van der Waals surface area contributed by atoms with E-state index in [0.717, 1.165) is 30.4 Å². The molecule has 1 atom stereocenters. The van der Waals surface area contributed by atoms with E-state index in [0.29, 0.717) is 19.0 Å². The van der Waals surface area contributed by atoms with Crippen molar-refractivity contribution >= 4 is 11.6 Å². The summed E-state index contributed by atoms with van der Waals surface area (Å²) in [6, 6.07) is 11.0. The molecule has 0 radical (unpaired) electrons. The third kappa shape index (κ3) is 3.62. The molecule has 0 fully saturated rings. The number of hydrogen-bond acceptors (Lipinski definition) is 5. The second-order valence-corrected chi connectivity index (χ2v) is 6.11. The van der Waals surface area contributed by atoms with Gasteiger partial charge in [0.05, 0.1) is 0 Å². The Bertz CT molecular complexity index is 674. The van der Waals surface area contributed by atoms with Gasteiger partial charge in [0, 0.05) is 31.8 Å². The zero-order valence-corrected chi connectivity index (χ0v) is 13.8. The van der Waals surface area contributed by atoms with Gasteiger partial charge in [-0.3, -0.25) is 0 Å². The van der Waals surface area contributed by atoms with Crippen molar-refractivity contribution in [3.63, 3.8) is 0 Å². The number of aryl methyl sites for hydroxylation is 1. The van der Waals surface area contributed by atoms with Gasteiger partial charge >= 0.3 is 0 Å². The molecule has 3 rings (SSSR count). The van der Waals surface area contributed by atoms with E-state index in [1.54, 1.807) is 0 Å². The molecule has 5 heteroatoms. The second-order valence-electron chi connectivity index (χ2n) is 6.11. The van der Waals surface area contributed by atoms with Crippen molar-refractivity contribution in [3.05, 3.63) is 47.3 Å². The van der Waals surface area contributed by atoms with Gasteiger partial charge in [-0.25, -0.2) is 9.97 Å². The molecule has 1 aromatic carbocycles. The van der Waals surface area contributed by atoms with Gasteiger partial charge < -0.3 is 15.3 Å². The maximum absolute atomic E-state index is 8.90. The zero-order valence-electron chi connectivity index (χ0n) is 13.8. The molecule has 122 valence electrons. The minimum Gasteiger partial charge on any atom is -0.396 e. The van der Waals surface area contributed by atoms with Gasteiger partial charge in [-0.2, -0.15) is 0 Å². The summed E-state index contributed by atoms with van der Waals surface area (Å²) in [6.45, 7) is 5.94. The van der Waals surface area contributed by atoms with E-state index in [1.165, 1.54) is 11.1 Å². The fourth-order valence-electron chi connectivity index (χ4n) is 3.07. The quantitative estimate of drug-likeness (QED) is 0.831. The van der Waals surface area contributed by atoms with Crippen molar-refractivity contribution in [2.24, 2.45) is 0 Å². The van der Waals surface area contributed by atoms with E-state index in [4.69, 9.17) is 5.11 Å². The highest BCUT2D eigenvalue weighted by Crippen LogP contribution is 2.28. The number of rotatable bonds is 5. The Labute approximate surface area is 137 Å². The first-order valence-corrected chi connectivity index (χ1v) is 8.21. The second kappa shape index (κ2) is 6.96. The average Bonchev–Trinajstić information content (AvgIpc) is 2.54. The summed E-state index contributed by atoms with van der Waals surface area (Å²) >= 11 is 0. The van der Waals surface area contributed by atoms with Crippen LogP contribution in [0.5, 0.6) is 0 Å². The first-order valence-electron chi connectivity index (χ1n) is 8.21. The summed E-state index contributed by atoms with van der Waals surface area (Å²) < 4.78 is 0. The van der Waals surface area contributed by atoms with Crippen LogP contribution in [-0.2, 0) is 13.0 Å². The van der Waals surface area contributed by atoms with Gasteiger partial charge in [0.15, 0.2) is 0 Å². The number of aromatic nitrogens is 2. The maximum atomic E-state index is 8.90. The van der Waals surface area contributed by atoms with Crippen LogP contribution >= 0.6 is 0 Å². The number of nitrogens with one attached hydrogen (secondary N) is 1. The molecule has 23 heavy (non-hydrogen) atoms. The molecule has 0 aliphatic carbocycles. The Hall–Kier alpha value is -2.14. The van der Waals surface area contributed by atoms with E-state index >= 15 is 0 Å². The van der Waals surface area contributed by atoms with Crippen LogP contribution < -0.4 is 10.2 Å². The molecule has 2 N–H and O–H groups in total. The molecule has 1 aliphatic rings. The van der Waals surface area contributed by atoms with Crippen LogP contribution in [0.2, 0.25) is 0 Å². The largest absolute Gasteiger partial charge is 0.396 e. The molecule has 5 nitrogen and oxygen atoms in total. The Morgan fingerprint density at radius 3 is 2.83 bits per heavy atom. The van der Waals surface area contributed by atoms with E-state index in [9.17, 15) is 0 Å². The van der Waals surface area contributed by atoms with E-state index in [-0.39, 0.29) is 6.61 Å². The SMILES string of the molecule is Cc1nc(NCCCO)cc(N2Cc3ccccc3C[C@@H]2C)n1. The summed E-state index contributed by atoms with van der Waals surface area (Å²) in [5, 5.41) is 12.2. The van der Waals surface area contributed by atoms with Crippen molar-refractivity contribution in [1.29, 1.82) is 0 Å². The summed E-state index contributed by atoms with van der Waals surface area (Å²) in [5.74, 6) is 2.55. The monoisotopic (exact) mass is 312 g/mol. The zero-order chi connectivity index (χ0) is 16.2. The molecule has 2 aromatic rings. The lowest BCUT2D eigenvalue weighted by Crippen LogP contribution is -2.39. The summed E-state index contributed by atoms with van der Waals surface area (Å²) in [5.41, 5.74) is 2.81. The van der Waals surface area contributed by atoms with Gasteiger partial charge in [0.2, 0.25) is 0 Å². The molecular weight excluding hydrogens is 288 g/mol. The molecule has 0 unspecified atom stereocenters. The minimum atomic E-state index is 0.184. The van der Waals surface area contributed by atoms with Crippen LogP contribution in [0.3, 0.4) is 0 Å². The molecular formula is C18H24N4O. The lowest BCUT2D eigenvalue weighted by Gasteiger charge is -2.36. The van der Waals surface area contributed by atoms with Gasteiger partial charge in [0.1, 0.15) is 17.5 Å². The van der Waals surface area contributed by atoms with Crippen molar-refractivity contribution in [1.82, 2.24) is 9.97 Å². The number of nitrogens with zero attached hydrogens (tertiary/aromatic N) is 3. The summed E-state index contributed by atoms with van der Waals surface area (Å²) in [7, 11) is 0. The van der Waals surface area contributed by atoms with Crippen molar-refractivity contribution in [2.45, 2.75) is 39.3 Å². The molecule has 0 bridgehead atoms. The van der Waals surface area contributed by atoms with E-state index < -0.39 is 0 Å². The lowest BCUT2D eigenvalue weighted by molar-refractivity contribution is 0.292. The Morgan fingerprint density at radius 1 is 1.26 bits per heavy atom. The van der Waals surface area contributed by atoms with Crippen molar-refractivity contribution in [3.8, 4) is 0 Å². The van der Waals surface area contributed by atoms with Gasteiger partial charge in [-0.15, -0.1) is 0 Å². The highest BCUT2D eigenvalue weighted by molar-refractivity contribution is 5.52. The normalized spacial score (nSPS) is 17.0. The van der Waals surface area contributed by atoms with Crippen molar-refractivity contribution < 1.29 is 5.11 Å². The Kier molecular flexibility index (Phi) is 4.76. The fraction of sp³-hybridized carbons (Fsp3) is 0.444. The van der Waals surface area contributed by atoms with Crippen LogP contribution in [0.25, 0.3) is 0 Å². The van der Waals surface area contributed by atoms with Crippen LogP contribution in [-0.4, -0.2) is 34.3 Å². The number of aliphatic hydroxyl groups is 1. The molecule has 0 saturated carbocycles. The van der Waals surface area contributed by atoms with Gasteiger partial charge in [-0.05, 0) is 37.8 Å². The predicted molar refractivity (Wildman–Crippen MR) is 92.8 cm³/mol. The predicted octanol–water partition coefficient (Wildman–Crippen LogP) is 2.53. The lowest BCUT2D eigenvalue weighted by atomic mass is 9.95. The van der Waals surface area contributed by atoms with Crippen molar-refractivity contribution in [2.75, 3.05) is 23.4 Å². The standard InChI is InChI=1S/C18H24N4O/c1-13-10-15-6-3-4-7-16(15)12-22(13)18-11-17(19-8-5-9-23)20-14(2)21-18/h3-4,6-7,11,13,23H,5,8-10,12H2,1-2H3,(H,19,20,21)/t13-/m0/s1. The smallest absolute Gasteiger partial charge is 0.134 e. The highest BCUT2D eigenvalue weighted by Gasteiger charge is 2.24. The molecule has 2 heterocycles. The number of fused-ring (bicyclic) bond motifs is 1. The molecule has 0 saturated heterocycles. The minimum absolute atomic E-state index is 0.184.